The second-order valence-electron chi connectivity index (χ2n) is 6.07. The Morgan fingerprint density at radius 1 is 0.556 bits per heavy atom. The van der Waals surface area contributed by atoms with Crippen molar-refractivity contribution in [3.05, 3.63) is 54.0 Å². The van der Waals surface area contributed by atoms with Crippen molar-refractivity contribution in [3.8, 4) is 11.3 Å². The van der Waals surface area contributed by atoms with E-state index in [9.17, 15) is 79.9 Å². The maximum atomic E-state index is 13.4. The molecular formula is C12H10F19IrNP3. The fraction of sp³-hybridized carbons (Fsp3) is 0.0833. The van der Waals surface area contributed by atoms with Crippen molar-refractivity contribution in [2.75, 3.05) is 0 Å². The summed E-state index contributed by atoms with van der Waals surface area (Å²) in [7, 11) is -32.0. The third kappa shape index (κ3) is 58.7. The molecule has 0 N–H and O–H groups in total. The summed E-state index contributed by atoms with van der Waals surface area (Å²) in [4.78, 5) is 4.13. The van der Waals surface area contributed by atoms with Crippen molar-refractivity contribution in [1.82, 2.24) is 4.98 Å². The number of rotatable bonds is 1. The van der Waals surface area contributed by atoms with Crippen LogP contribution in [0.5, 0.6) is 0 Å². The quantitative estimate of drug-likeness (QED) is 0.206. The van der Waals surface area contributed by atoms with E-state index in [1.165, 1.54) is 6.07 Å². The molecule has 1 aromatic carbocycles. The SMILES string of the molecule is Cc1ccnc(-c2ccccc2F)c1.F[P-](F)(F)(F)(F)F.F[P-](F)(F)(F)(F)F.F[P-](F)(F)(F)(F)F.[Ir+3]. The number of pyridine rings is 1. The molecule has 0 saturated heterocycles. The van der Waals surface area contributed by atoms with Crippen LogP contribution in [0.2, 0.25) is 0 Å². The molecule has 1 heterocycles. The first-order valence-electron chi connectivity index (χ1n) is 7.49. The molecule has 0 aliphatic carbocycles. The van der Waals surface area contributed by atoms with E-state index < -0.39 is 23.4 Å². The normalized spacial score (nSPS) is 17.4. The summed E-state index contributed by atoms with van der Waals surface area (Å²) in [6.07, 6.45) is 1.69. The number of nitrogens with zero attached hydrogens (tertiary/aromatic N) is 1. The fourth-order valence-corrected chi connectivity index (χ4v) is 1.35. The van der Waals surface area contributed by atoms with Crippen LogP contribution in [0.4, 0.5) is 79.9 Å². The van der Waals surface area contributed by atoms with Gasteiger partial charge in [-0.1, -0.05) is 12.1 Å². The largest absolute Gasteiger partial charge is 3.00 e. The molecule has 2 rings (SSSR count). The molecule has 0 atom stereocenters. The zero-order valence-electron chi connectivity index (χ0n) is 16.3. The van der Waals surface area contributed by atoms with E-state index in [4.69, 9.17) is 0 Å². The van der Waals surface area contributed by atoms with Gasteiger partial charge in [-0.3, -0.25) is 4.98 Å². The van der Waals surface area contributed by atoms with E-state index in [0.717, 1.165) is 5.56 Å². The van der Waals surface area contributed by atoms with Crippen LogP contribution in [0.25, 0.3) is 11.3 Å². The van der Waals surface area contributed by atoms with Crippen LogP contribution in [0.1, 0.15) is 5.56 Å². The maximum absolute atomic E-state index is 13.4. The summed E-state index contributed by atoms with van der Waals surface area (Å²) in [5.41, 5.74) is 2.32. The molecule has 24 heteroatoms. The van der Waals surface area contributed by atoms with Gasteiger partial charge in [-0.25, -0.2) is 4.39 Å². The molecule has 0 aliphatic rings. The summed E-state index contributed by atoms with van der Waals surface area (Å²) < 4.78 is 191. The van der Waals surface area contributed by atoms with Gasteiger partial charge < -0.3 is 0 Å². The number of benzene rings is 1. The van der Waals surface area contributed by atoms with Crippen molar-refractivity contribution >= 4 is 23.4 Å². The Bertz CT molecular complexity index is 923. The zero-order chi connectivity index (χ0) is 29.2. The van der Waals surface area contributed by atoms with Crippen LogP contribution < -0.4 is 0 Å². The number of hydrogen-bond donors (Lipinski definition) is 0. The average molecular weight is 814 g/mol. The van der Waals surface area contributed by atoms with Crippen molar-refractivity contribution in [3.63, 3.8) is 0 Å². The van der Waals surface area contributed by atoms with E-state index in [0.29, 0.717) is 11.3 Å². The van der Waals surface area contributed by atoms with Gasteiger partial charge in [-0.15, -0.1) is 0 Å². The van der Waals surface area contributed by atoms with Gasteiger partial charge in [0.1, 0.15) is 5.82 Å². The minimum absolute atomic E-state index is 0. The molecule has 0 saturated carbocycles. The number of aryl methyl sites for hydroxylation is 1. The molecule has 2 aromatic rings. The molecular weight excluding hydrogens is 804 g/mol. The van der Waals surface area contributed by atoms with E-state index in [2.05, 4.69) is 4.98 Å². The Balaban J connectivity index is -0.000000430. The van der Waals surface area contributed by atoms with E-state index in [1.807, 2.05) is 25.1 Å². The molecule has 220 valence electrons. The number of halogens is 19. The third-order valence-electron chi connectivity index (χ3n) is 2.07. The summed E-state index contributed by atoms with van der Waals surface area (Å²) in [5.74, 6) is -0.231. The van der Waals surface area contributed by atoms with Crippen LogP contribution in [0.3, 0.4) is 0 Å². The van der Waals surface area contributed by atoms with Crippen LogP contribution in [0, 0.1) is 12.7 Å². The van der Waals surface area contributed by atoms with Crippen molar-refractivity contribution < 1.29 is 100 Å². The van der Waals surface area contributed by atoms with Crippen LogP contribution in [-0.4, -0.2) is 4.98 Å². The summed E-state index contributed by atoms with van der Waals surface area (Å²) in [6, 6.07) is 10.4. The Morgan fingerprint density at radius 2 is 0.861 bits per heavy atom. The predicted octanol–water partition coefficient (Wildman–Crippen LogP) is 13.3. The Morgan fingerprint density at radius 3 is 1.14 bits per heavy atom. The Kier molecular flexibility index (Phi) is 9.90. The van der Waals surface area contributed by atoms with Crippen molar-refractivity contribution in [2.24, 2.45) is 0 Å². The topological polar surface area (TPSA) is 12.9 Å². The number of aromatic nitrogens is 1. The number of hydrogen-bond acceptors (Lipinski definition) is 1. The predicted molar refractivity (Wildman–Crippen MR) is 95.1 cm³/mol. The Hall–Kier alpha value is -1.02. The molecule has 36 heavy (non-hydrogen) atoms. The first kappa shape index (κ1) is 39.5. The molecule has 1 nitrogen and oxygen atoms in total. The average Bonchev–Trinajstić information content (AvgIpc) is 2.37. The molecule has 0 amide bonds. The molecule has 0 aliphatic heterocycles. The fourth-order valence-electron chi connectivity index (χ4n) is 1.35. The Labute approximate surface area is 201 Å². The molecule has 0 unspecified atom stereocenters. The molecule has 1 aromatic heterocycles. The smallest absolute Gasteiger partial charge is 3.00 e. The van der Waals surface area contributed by atoms with Gasteiger partial charge in [0.25, 0.3) is 0 Å². The third-order valence-corrected chi connectivity index (χ3v) is 2.07. The van der Waals surface area contributed by atoms with Gasteiger partial charge in [0.05, 0.1) is 5.69 Å². The molecule has 0 fully saturated rings. The molecule has 0 bridgehead atoms. The first-order valence-corrected chi connectivity index (χ1v) is 13.6. The second-order valence-corrected chi connectivity index (χ2v) is 11.8. The minimum Gasteiger partial charge on any atom is 3.00 e. The summed E-state index contributed by atoms with van der Waals surface area (Å²) in [5, 5.41) is 0. The first-order chi connectivity index (χ1) is 14.1. The summed E-state index contributed by atoms with van der Waals surface area (Å²) >= 11 is 0. The van der Waals surface area contributed by atoms with Gasteiger partial charge in [-0.2, -0.15) is 0 Å². The van der Waals surface area contributed by atoms with Gasteiger partial charge in [0, 0.05) is 11.8 Å². The second kappa shape index (κ2) is 9.03. The zero-order valence-corrected chi connectivity index (χ0v) is 21.4. The van der Waals surface area contributed by atoms with E-state index in [-0.39, 0.29) is 25.9 Å². The monoisotopic (exact) mass is 815 g/mol. The molecule has 0 radical (unpaired) electrons. The van der Waals surface area contributed by atoms with E-state index in [1.54, 1.807) is 18.3 Å². The van der Waals surface area contributed by atoms with Gasteiger partial charge in [0.15, 0.2) is 0 Å². The van der Waals surface area contributed by atoms with Crippen molar-refractivity contribution in [1.29, 1.82) is 0 Å². The minimum atomic E-state index is -10.7. The van der Waals surface area contributed by atoms with Gasteiger partial charge >= 0.3 is 119 Å². The summed E-state index contributed by atoms with van der Waals surface area (Å²) in [6.45, 7) is 1.96. The maximum Gasteiger partial charge on any atom is 3.00 e. The van der Waals surface area contributed by atoms with Crippen LogP contribution in [0.15, 0.2) is 42.6 Å². The standard InChI is InChI=1S/C12H10FN.3F6P.Ir/c1-9-6-7-14-12(8-9)10-4-2-3-5-11(10)13;3*1-7(2,3,4,5)6;/h2-8H,1H3;;;;/q;3*-1;+3. The van der Waals surface area contributed by atoms with Crippen LogP contribution >= 0.6 is 23.4 Å². The van der Waals surface area contributed by atoms with E-state index >= 15 is 0 Å². The van der Waals surface area contributed by atoms with Crippen molar-refractivity contribution in [2.45, 2.75) is 6.92 Å². The molecule has 0 spiro atoms. The van der Waals surface area contributed by atoms with Gasteiger partial charge in [-0.05, 0) is 36.8 Å². The van der Waals surface area contributed by atoms with Gasteiger partial charge in [0.2, 0.25) is 0 Å². The van der Waals surface area contributed by atoms with Crippen LogP contribution in [-0.2, 0) is 20.1 Å².